The highest BCUT2D eigenvalue weighted by atomic mass is 35.5. The third kappa shape index (κ3) is 4.46. The molecule has 110 valence electrons. The molecule has 0 atom stereocenters. The van der Waals surface area contributed by atoms with E-state index in [2.05, 4.69) is 5.32 Å². The molecule has 2 aromatic carbocycles. The molecule has 0 saturated heterocycles. The zero-order valence-corrected chi connectivity index (χ0v) is 12.4. The number of benzene rings is 2. The molecule has 1 amide bonds. The topological polar surface area (TPSA) is 32.3 Å². The Hall–Kier alpha value is -2.07. The molecular weight excluding hydrogens is 291 g/mol. The quantitative estimate of drug-likeness (QED) is 0.907. The second-order valence-electron chi connectivity index (χ2n) is 4.68. The van der Waals surface area contributed by atoms with Gasteiger partial charge in [0.1, 0.15) is 5.82 Å². The number of para-hydroxylation sites is 1. The Labute approximate surface area is 128 Å². The molecule has 2 aromatic rings. The highest BCUT2D eigenvalue weighted by molar-refractivity contribution is 6.31. The van der Waals surface area contributed by atoms with E-state index in [1.807, 2.05) is 42.3 Å². The molecule has 0 aromatic heterocycles. The summed E-state index contributed by atoms with van der Waals surface area (Å²) in [6, 6.07) is 13.9. The standard InChI is InChI=1S/C16H16ClFN2O/c1-20(13-5-3-2-4-6-13)10-9-16(21)19-12-7-8-15(18)14(17)11-12/h2-8,11H,9-10H2,1H3,(H,19,21). The van der Waals surface area contributed by atoms with Crippen molar-refractivity contribution >= 4 is 28.9 Å². The SMILES string of the molecule is CN(CCC(=O)Nc1ccc(F)c(Cl)c1)c1ccccc1. The van der Waals surface area contributed by atoms with Gasteiger partial charge in [0.2, 0.25) is 5.91 Å². The highest BCUT2D eigenvalue weighted by Crippen LogP contribution is 2.19. The summed E-state index contributed by atoms with van der Waals surface area (Å²) in [7, 11) is 1.93. The van der Waals surface area contributed by atoms with Gasteiger partial charge in [0.05, 0.1) is 5.02 Å². The van der Waals surface area contributed by atoms with Gasteiger partial charge in [-0.3, -0.25) is 4.79 Å². The van der Waals surface area contributed by atoms with Crippen LogP contribution in [-0.2, 0) is 4.79 Å². The summed E-state index contributed by atoms with van der Waals surface area (Å²) >= 11 is 5.67. The van der Waals surface area contributed by atoms with E-state index in [4.69, 9.17) is 11.6 Å². The van der Waals surface area contributed by atoms with Crippen molar-refractivity contribution in [2.75, 3.05) is 23.8 Å². The Kier molecular flexibility index (Phi) is 5.17. The van der Waals surface area contributed by atoms with E-state index < -0.39 is 5.82 Å². The van der Waals surface area contributed by atoms with E-state index in [9.17, 15) is 9.18 Å². The molecule has 1 N–H and O–H groups in total. The number of carbonyl (C=O) groups excluding carboxylic acids is 1. The second kappa shape index (κ2) is 7.09. The Morgan fingerprint density at radius 3 is 2.62 bits per heavy atom. The van der Waals surface area contributed by atoms with E-state index in [1.165, 1.54) is 18.2 Å². The van der Waals surface area contributed by atoms with Crippen LogP contribution < -0.4 is 10.2 Å². The molecule has 3 nitrogen and oxygen atoms in total. The lowest BCUT2D eigenvalue weighted by molar-refractivity contribution is -0.116. The average molecular weight is 307 g/mol. The lowest BCUT2D eigenvalue weighted by Crippen LogP contribution is -2.23. The van der Waals surface area contributed by atoms with Crippen LogP contribution >= 0.6 is 11.6 Å². The van der Waals surface area contributed by atoms with Crippen LogP contribution in [0.4, 0.5) is 15.8 Å². The highest BCUT2D eigenvalue weighted by Gasteiger charge is 2.07. The molecule has 2 rings (SSSR count). The third-order valence-electron chi connectivity index (χ3n) is 3.07. The van der Waals surface area contributed by atoms with E-state index in [1.54, 1.807) is 0 Å². The van der Waals surface area contributed by atoms with Crippen LogP contribution in [0.2, 0.25) is 5.02 Å². The number of carbonyl (C=O) groups is 1. The fourth-order valence-corrected chi connectivity index (χ4v) is 2.06. The van der Waals surface area contributed by atoms with Crippen molar-refractivity contribution in [2.45, 2.75) is 6.42 Å². The Morgan fingerprint density at radius 1 is 1.24 bits per heavy atom. The van der Waals surface area contributed by atoms with E-state index >= 15 is 0 Å². The average Bonchev–Trinajstić information content (AvgIpc) is 2.49. The molecule has 0 bridgehead atoms. The summed E-state index contributed by atoms with van der Waals surface area (Å²) in [4.78, 5) is 13.9. The van der Waals surface area contributed by atoms with Gasteiger partial charge in [-0.05, 0) is 30.3 Å². The predicted molar refractivity (Wildman–Crippen MR) is 84.4 cm³/mol. The number of rotatable bonds is 5. The van der Waals surface area contributed by atoms with Crippen LogP contribution in [-0.4, -0.2) is 19.5 Å². The van der Waals surface area contributed by atoms with Gasteiger partial charge in [-0.2, -0.15) is 0 Å². The van der Waals surface area contributed by atoms with Crippen molar-refractivity contribution in [1.82, 2.24) is 0 Å². The molecule has 0 aliphatic heterocycles. The molecule has 0 unspecified atom stereocenters. The number of amides is 1. The van der Waals surface area contributed by atoms with Crippen LogP contribution in [0.15, 0.2) is 48.5 Å². The van der Waals surface area contributed by atoms with Crippen LogP contribution in [0.3, 0.4) is 0 Å². The molecule has 0 saturated carbocycles. The number of nitrogens with one attached hydrogen (secondary N) is 1. The van der Waals surface area contributed by atoms with Crippen LogP contribution in [0.25, 0.3) is 0 Å². The number of hydrogen-bond acceptors (Lipinski definition) is 2. The van der Waals surface area contributed by atoms with E-state index in [0.717, 1.165) is 5.69 Å². The molecule has 0 aliphatic carbocycles. The number of anilines is 2. The lowest BCUT2D eigenvalue weighted by Gasteiger charge is -2.18. The zero-order valence-electron chi connectivity index (χ0n) is 11.6. The maximum Gasteiger partial charge on any atom is 0.226 e. The van der Waals surface area contributed by atoms with Gasteiger partial charge in [0.25, 0.3) is 0 Å². The summed E-state index contributed by atoms with van der Waals surface area (Å²) in [5.74, 6) is -0.640. The van der Waals surface area contributed by atoms with E-state index in [0.29, 0.717) is 18.7 Å². The molecule has 0 fully saturated rings. The fraction of sp³-hybridized carbons (Fsp3) is 0.188. The van der Waals surface area contributed by atoms with Gasteiger partial charge in [-0.1, -0.05) is 29.8 Å². The molecule has 0 aliphatic rings. The first kappa shape index (κ1) is 15.3. The Bertz CT molecular complexity index is 619. The van der Waals surface area contributed by atoms with E-state index in [-0.39, 0.29) is 10.9 Å². The van der Waals surface area contributed by atoms with Crippen molar-refractivity contribution in [2.24, 2.45) is 0 Å². The van der Waals surface area contributed by atoms with Crippen molar-refractivity contribution in [3.05, 3.63) is 59.4 Å². The van der Waals surface area contributed by atoms with Crippen LogP contribution in [0.1, 0.15) is 6.42 Å². The summed E-state index contributed by atoms with van der Waals surface area (Å²) < 4.78 is 13.0. The van der Waals surface area contributed by atoms with Gasteiger partial charge >= 0.3 is 0 Å². The molecule has 5 heteroatoms. The maximum atomic E-state index is 13.0. The first-order valence-corrected chi connectivity index (χ1v) is 6.95. The molecule has 0 spiro atoms. The normalized spacial score (nSPS) is 10.2. The van der Waals surface area contributed by atoms with Crippen molar-refractivity contribution in [3.63, 3.8) is 0 Å². The Morgan fingerprint density at radius 2 is 1.95 bits per heavy atom. The first-order chi connectivity index (χ1) is 10.1. The number of halogens is 2. The summed E-state index contributed by atoms with van der Waals surface area (Å²) in [5, 5.41) is 2.69. The molecule has 21 heavy (non-hydrogen) atoms. The van der Waals surface area contributed by atoms with Crippen LogP contribution in [0, 0.1) is 5.82 Å². The van der Waals surface area contributed by atoms with Crippen molar-refractivity contribution < 1.29 is 9.18 Å². The number of nitrogens with zero attached hydrogens (tertiary/aromatic N) is 1. The van der Waals surface area contributed by atoms with Crippen molar-refractivity contribution in [1.29, 1.82) is 0 Å². The van der Waals surface area contributed by atoms with Gasteiger partial charge < -0.3 is 10.2 Å². The summed E-state index contributed by atoms with van der Waals surface area (Å²) in [6.45, 7) is 0.588. The monoisotopic (exact) mass is 306 g/mol. The van der Waals surface area contributed by atoms with Crippen molar-refractivity contribution in [3.8, 4) is 0 Å². The van der Waals surface area contributed by atoms with Crippen LogP contribution in [0.5, 0.6) is 0 Å². The van der Waals surface area contributed by atoms with Gasteiger partial charge in [0, 0.05) is 31.4 Å². The summed E-state index contributed by atoms with van der Waals surface area (Å²) in [5.41, 5.74) is 1.55. The maximum absolute atomic E-state index is 13.0. The van der Waals surface area contributed by atoms with Gasteiger partial charge in [-0.15, -0.1) is 0 Å². The minimum absolute atomic E-state index is 0.00537. The minimum Gasteiger partial charge on any atom is -0.374 e. The van der Waals surface area contributed by atoms with Gasteiger partial charge in [0.15, 0.2) is 0 Å². The third-order valence-corrected chi connectivity index (χ3v) is 3.36. The minimum atomic E-state index is -0.501. The summed E-state index contributed by atoms with van der Waals surface area (Å²) in [6.07, 6.45) is 0.334. The largest absolute Gasteiger partial charge is 0.374 e. The molecule has 0 heterocycles. The Balaban J connectivity index is 1.86. The number of hydrogen-bond donors (Lipinski definition) is 1. The van der Waals surface area contributed by atoms with Gasteiger partial charge in [-0.25, -0.2) is 4.39 Å². The molecule has 0 radical (unpaired) electrons. The smallest absolute Gasteiger partial charge is 0.226 e. The second-order valence-corrected chi connectivity index (χ2v) is 5.09. The molecular formula is C16H16ClFN2O. The first-order valence-electron chi connectivity index (χ1n) is 6.57. The fourth-order valence-electron chi connectivity index (χ4n) is 1.88. The predicted octanol–water partition coefficient (Wildman–Crippen LogP) is 3.94. The zero-order chi connectivity index (χ0) is 15.2. The lowest BCUT2D eigenvalue weighted by atomic mass is 10.2.